The van der Waals surface area contributed by atoms with Crippen molar-refractivity contribution in [2.24, 2.45) is 0 Å². The highest BCUT2D eigenvalue weighted by atomic mass is 16.3. The fourth-order valence-corrected chi connectivity index (χ4v) is 7.56. The first-order valence-electron chi connectivity index (χ1n) is 17.9. The van der Waals surface area contributed by atoms with E-state index in [-0.39, 0.29) is 0 Å². The Bertz CT molecular complexity index is 2940. The molecule has 3 nitrogen and oxygen atoms in total. The van der Waals surface area contributed by atoms with E-state index in [4.69, 9.17) is 14.4 Å². The van der Waals surface area contributed by atoms with Crippen molar-refractivity contribution >= 4 is 32.7 Å². The quantitative estimate of drug-likeness (QED) is 0.176. The molecule has 3 heteroatoms. The average Bonchev–Trinajstić information content (AvgIpc) is 3.63. The van der Waals surface area contributed by atoms with Crippen LogP contribution in [0.5, 0.6) is 0 Å². The number of hydrogen-bond donors (Lipinski definition) is 0. The van der Waals surface area contributed by atoms with Crippen LogP contribution in [0.15, 0.2) is 199 Å². The van der Waals surface area contributed by atoms with E-state index >= 15 is 0 Å². The minimum absolute atomic E-state index is 0.678. The molecular formula is C50H32N2O. The second-order valence-corrected chi connectivity index (χ2v) is 13.3. The van der Waals surface area contributed by atoms with Crippen molar-refractivity contribution in [3.8, 4) is 67.3 Å². The van der Waals surface area contributed by atoms with Crippen LogP contribution < -0.4 is 0 Å². The molecule has 0 aliphatic carbocycles. The van der Waals surface area contributed by atoms with Crippen LogP contribution in [0, 0.1) is 0 Å². The molecule has 8 aromatic carbocycles. The maximum absolute atomic E-state index is 6.58. The number of fused-ring (bicyclic) bond motifs is 4. The van der Waals surface area contributed by atoms with Gasteiger partial charge < -0.3 is 4.42 Å². The first-order chi connectivity index (χ1) is 26.3. The Labute approximate surface area is 307 Å². The van der Waals surface area contributed by atoms with Gasteiger partial charge in [0.1, 0.15) is 11.2 Å². The van der Waals surface area contributed by atoms with Crippen LogP contribution in [0.25, 0.3) is 100.0 Å². The topological polar surface area (TPSA) is 38.9 Å². The van der Waals surface area contributed by atoms with Gasteiger partial charge in [0.05, 0.1) is 11.4 Å². The minimum Gasteiger partial charge on any atom is -0.455 e. The van der Waals surface area contributed by atoms with Crippen LogP contribution in [0.2, 0.25) is 0 Å². The lowest BCUT2D eigenvalue weighted by atomic mass is 9.91. The van der Waals surface area contributed by atoms with Gasteiger partial charge >= 0.3 is 0 Å². The average molecular weight is 677 g/mol. The summed E-state index contributed by atoms with van der Waals surface area (Å²) in [5, 5.41) is 4.61. The van der Waals surface area contributed by atoms with E-state index in [0.29, 0.717) is 5.82 Å². The van der Waals surface area contributed by atoms with Crippen LogP contribution in [0.3, 0.4) is 0 Å². The number of nitrogens with zero attached hydrogens (tertiary/aromatic N) is 2. The predicted molar refractivity (Wildman–Crippen MR) is 219 cm³/mol. The number of rotatable bonds is 6. The summed E-state index contributed by atoms with van der Waals surface area (Å²) in [5.41, 5.74) is 13.0. The first kappa shape index (κ1) is 30.7. The summed E-state index contributed by atoms with van der Waals surface area (Å²) in [6, 6.07) is 68.0. The van der Waals surface area contributed by atoms with Gasteiger partial charge in [-0.25, -0.2) is 9.97 Å². The van der Waals surface area contributed by atoms with E-state index in [9.17, 15) is 0 Å². The number of aromatic nitrogens is 2. The summed E-state index contributed by atoms with van der Waals surface area (Å²) in [4.78, 5) is 10.6. The summed E-state index contributed by atoms with van der Waals surface area (Å²) in [6.45, 7) is 0. The molecular weight excluding hydrogens is 645 g/mol. The molecule has 10 rings (SSSR count). The molecule has 0 aliphatic heterocycles. The lowest BCUT2D eigenvalue weighted by molar-refractivity contribution is 0.670. The standard InChI is InChI=1S/C50H32N2O/c1-3-15-33(16-4-1)40-22-9-10-24-45(40)50-51-46(35-18-5-2-6-19-35)32-47(52-50)38-30-36(41-25-13-20-34-17-7-8-21-39(34)41)29-37(31-38)42-26-14-27-44-43-23-11-12-28-48(43)53-49(42)44/h1-32H. The molecule has 248 valence electrons. The Kier molecular flexibility index (Phi) is 7.47. The van der Waals surface area contributed by atoms with E-state index in [1.165, 1.54) is 10.8 Å². The fraction of sp³-hybridized carbons (Fsp3) is 0. The summed E-state index contributed by atoms with van der Waals surface area (Å²) < 4.78 is 6.58. The van der Waals surface area contributed by atoms with Gasteiger partial charge in [-0.05, 0) is 68.9 Å². The summed E-state index contributed by atoms with van der Waals surface area (Å²) in [7, 11) is 0. The number of hydrogen-bond acceptors (Lipinski definition) is 3. The van der Waals surface area contributed by atoms with Crippen LogP contribution in [-0.4, -0.2) is 9.97 Å². The Morgan fingerprint density at radius 2 is 0.849 bits per heavy atom. The summed E-state index contributed by atoms with van der Waals surface area (Å²) in [5.74, 6) is 0.678. The third-order valence-corrected chi connectivity index (χ3v) is 10.1. The Morgan fingerprint density at radius 1 is 0.321 bits per heavy atom. The van der Waals surface area contributed by atoms with E-state index in [0.717, 1.165) is 83.4 Å². The van der Waals surface area contributed by atoms with Gasteiger partial charge in [0, 0.05) is 33.0 Å². The molecule has 0 radical (unpaired) electrons. The lowest BCUT2D eigenvalue weighted by Gasteiger charge is -2.15. The molecule has 53 heavy (non-hydrogen) atoms. The van der Waals surface area contributed by atoms with Crippen molar-refractivity contribution < 1.29 is 4.42 Å². The maximum atomic E-state index is 6.58. The maximum Gasteiger partial charge on any atom is 0.161 e. The van der Waals surface area contributed by atoms with Crippen molar-refractivity contribution in [1.29, 1.82) is 0 Å². The number of benzene rings is 8. The highest BCUT2D eigenvalue weighted by Crippen LogP contribution is 2.41. The van der Waals surface area contributed by atoms with E-state index in [1.54, 1.807) is 0 Å². The lowest BCUT2D eigenvalue weighted by Crippen LogP contribution is -1.98. The zero-order chi connectivity index (χ0) is 35.1. The third kappa shape index (κ3) is 5.56. The normalized spacial score (nSPS) is 11.4. The second-order valence-electron chi connectivity index (χ2n) is 13.3. The van der Waals surface area contributed by atoms with Gasteiger partial charge in [-0.3, -0.25) is 0 Å². The number of furan rings is 1. The van der Waals surface area contributed by atoms with Gasteiger partial charge in [0.15, 0.2) is 5.82 Å². The molecule has 0 atom stereocenters. The second kappa shape index (κ2) is 12.9. The van der Waals surface area contributed by atoms with Gasteiger partial charge in [-0.1, -0.05) is 164 Å². The van der Waals surface area contributed by atoms with Crippen LogP contribution in [-0.2, 0) is 0 Å². The van der Waals surface area contributed by atoms with Crippen molar-refractivity contribution in [2.45, 2.75) is 0 Å². The zero-order valence-corrected chi connectivity index (χ0v) is 28.8. The van der Waals surface area contributed by atoms with Crippen LogP contribution >= 0.6 is 0 Å². The molecule has 0 amide bonds. The molecule has 0 bridgehead atoms. The van der Waals surface area contributed by atoms with E-state index in [1.807, 2.05) is 24.3 Å². The van der Waals surface area contributed by atoms with E-state index in [2.05, 4.69) is 170 Å². The summed E-state index contributed by atoms with van der Waals surface area (Å²) in [6.07, 6.45) is 0. The zero-order valence-electron chi connectivity index (χ0n) is 28.8. The predicted octanol–water partition coefficient (Wildman–Crippen LogP) is 13.5. The highest BCUT2D eigenvalue weighted by molar-refractivity contribution is 6.10. The SMILES string of the molecule is c1ccc(-c2cc(-c3cc(-c4cccc5ccccc45)cc(-c4cccc5c4oc4ccccc45)c3)nc(-c3ccccc3-c3ccccc3)n2)cc1. The molecule has 0 unspecified atom stereocenters. The molecule has 0 saturated carbocycles. The van der Waals surface area contributed by atoms with Gasteiger partial charge in [0.25, 0.3) is 0 Å². The third-order valence-electron chi connectivity index (χ3n) is 10.1. The first-order valence-corrected chi connectivity index (χ1v) is 17.9. The summed E-state index contributed by atoms with van der Waals surface area (Å²) >= 11 is 0. The van der Waals surface area contributed by atoms with Crippen LogP contribution in [0.4, 0.5) is 0 Å². The molecule has 0 aliphatic rings. The molecule has 2 heterocycles. The molecule has 0 spiro atoms. The monoisotopic (exact) mass is 676 g/mol. The smallest absolute Gasteiger partial charge is 0.161 e. The molecule has 0 saturated heterocycles. The van der Waals surface area contributed by atoms with Crippen molar-refractivity contribution in [1.82, 2.24) is 9.97 Å². The number of para-hydroxylation sites is 2. The van der Waals surface area contributed by atoms with Gasteiger partial charge in [0.2, 0.25) is 0 Å². The molecule has 10 aromatic rings. The Morgan fingerprint density at radius 3 is 1.66 bits per heavy atom. The fourth-order valence-electron chi connectivity index (χ4n) is 7.56. The van der Waals surface area contributed by atoms with Crippen molar-refractivity contribution in [3.05, 3.63) is 194 Å². The van der Waals surface area contributed by atoms with E-state index < -0.39 is 0 Å². The van der Waals surface area contributed by atoms with Crippen molar-refractivity contribution in [2.75, 3.05) is 0 Å². The molecule has 0 fully saturated rings. The molecule has 0 N–H and O–H groups in total. The molecule has 2 aromatic heterocycles. The van der Waals surface area contributed by atoms with Gasteiger partial charge in [-0.15, -0.1) is 0 Å². The van der Waals surface area contributed by atoms with Crippen LogP contribution in [0.1, 0.15) is 0 Å². The largest absolute Gasteiger partial charge is 0.455 e. The van der Waals surface area contributed by atoms with Crippen molar-refractivity contribution in [3.63, 3.8) is 0 Å². The minimum atomic E-state index is 0.678. The Hall–Kier alpha value is -7.10. The van der Waals surface area contributed by atoms with Gasteiger partial charge in [-0.2, -0.15) is 0 Å². The Balaban J connectivity index is 1.25. The highest BCUT2D eigenvalue weighted by Gasteiger charge is 2.18.